The number of thiol groups is 1. The predicted octanol–water partition coefficient (Wildman–Crippen LogP) is 17.1. The molecule has 0 bridgehead atoms. The Bertz CT molecular complexity index is 1780. The van der Waals surface area contributed by atoms with Gasteiger partial charge in [0.1, 0.15) is 0 Å². The van der Waals surface area contributed by atoms with Crippen molar-refractivity contribution in [3.05, 3.63) is 61.3 Å². The zero-order valence-electron chi connectivity index (χ0n) is 31.9. The molecule has 5 rings (SSSR count). The fourth-order valence-electron chi connectivity index (χ4n) is 6.74. The zero-order valence-corrected chi connectivity index (χ0v) is 36.9. The molecule has 0 saturated heterocycles. The summed E-state index contributed by atoms with van der Waals surface area (Å²) in [5, 5.41) is 5.04. The van der Waals surface area contributed by atoms with E-state index in [-0.39, 0.29) is 5.41 Å². The van der Waals surface area contributed by atoms with E-state index in [0.29, 0.717) is 5.92 Å². The van der Waals surface area contributed by atoms with Gasteiger partial charge in [-0.15, -0.1) is 69.7 Å². The molecule has 0 saturated carbocycles. The van der Waals surface area contributed by atoms with Gasteiger partial charge in [-0.2, -0.15) is 0 Å². The lowest BCUT2D eigenvalue weighted by molar-refractivity contribution is 0.368. The normalized spacial score (nSPS) is 14.0. The van der Waals surface area contributed by atoms with Gasteiger partial charge in [0.25, 0.3) is 0 Å². The highest BCUT2D eigenvalue weighted by atomic mass is 32.2. The molecule has 4 aromatic heterocycles. The Balaban J connectivity index is 0.00000265. The van der Waals surface area contributed by atoms with Gasteiger partial charge in [0.2, 0.25) is 0 Å². The molecule has 0 aliphatic heterocycles. The molecule has 268 valence electrons. The number of rotatable bonds is 15. The maximum atomic E-state index is 5.23. The van der Waals surface area contributed by atoms with Gasteiger partial charge in [-0.1, -0.05) is 114 Å². The largest absolute Gasteiger partial charge is 0.144 e. The van der Waals surface area contributed by atoms with Crippen molar-refractivity contribution < 1.29 is 0 Å². The highest BCUT2D eigenvalue weighted by Crippen LogP contribution is 2.53. The third-order valence-corrected chi connectivity index (χ3v) is 16.9. The number of unbranched alkanes of at least 4 members (excludes halogenated alkanes) is 1. The van der Waals surface area contributed by atoms with Crippen molar-refractivity contribution in [3.63, 3.8) is 0 Å². The molecule has 0 nitrogen and oxygen atoms in total. The van der Waals surface area contributed by atoms with Gasteiger partial charge in [-0.05, 0) is 77.1 Å². The third-order valence-electron chi connectivity index (χ3n) is 9.89. The zero-order chi connectivity index (χ0) is 35.9. The molecule has 0 aliphatic carbocycles. The number of hydrogen-bond acceptors (Lipinski definition) is 6. The Morgan fingerprint density at radius 3 is 2.14 bits per heavy atom. The summed E-state index contributed by atoms with van der Waals surface area (Å²) in [5.41, 5.74) is 2.94. The minimum Gasteiger partial charge on any atom is -0.144 e. The first-order chi connectivity index (χ1) is 23.5. The van der Waals surface area contributed by atoms with E-state index < -0.39 is 0 Å². The van der Waals surface area contributed by atoms with E-state index in [1.54, 1.807) is 0 Å². The maximum absolute atomic E-state index is 5.23. The van der Waals surface area contributed by atoms with Crippen LogP contribution < -0.4 is 0 Å². The van der Waals surface area contributed by atoms with Crippen LogP contribution in [0.5, 0.6) is 0 Å². The van der Waals surface area contributed by atoms with Crippen molar-refractivity contribution in [3.8, 4) is 20.9 Å². The molecule has 0 amide bonds. The highest BCUT2D eigenvalue weighted by molar-refractivity contribution is 8.04. The minimum atomic E-state index is 0.0987. The van der Waals surface area contributed by atoms with Crippen molar-refractivity contribution in [1.29, 1.82) is 0 Å². The number of thiophene rings is 4. The summed E-state index contributed by atoms with van der Waals surface area (Å²) in [5.74, 6) is 3.42. The molecule has 0 fully saturated rings. The summed E-state index contributed by atoms with van der Waals surface area (Å²) >= 11 is 15.1. The van der Waals surface area contributed by atoms with Crippen LogP contribution >= 0.6 is 69.7 Å². The van der Waals surface area contributed by atoms with E-state index in [0.717, 1.165) is 22.5 Å². The van der Waals surface area contributed by atoms with Crippen LogP contribution in [0.4, 0.5) is 0 Å². The molecule has 4 heterocycles. The van der Waals surface area contributed by atoms with Gasteiger partial charge in [0.15, 0.2) is 0 Å². The van der Waals surface area contributed by atoms with E-state index in [9.17, 15) is 0 Å². The molecule has 1 aromatic carbocycles. The van der Waals surface area contributed by atoms with Crippen LogP contribution in [0.2, 0.25) is 0 Å². The van der Waals surface area contributed by atoms with E-state index in [1.165, 1.54) is 106 Å². The molecular formula is C43H60S6. The van der Waals surface area contributed by atoms with Crippen molar-refractivity contribution in [2.75, 3.05) is 5.75 Å². The van der Waals surface area contributed by atoms with Gasteiger partial charge in [0.05, 0.1) is 0 Å². The second-order valence-corrected chi connectivity index (χ2v) is 20.2. The maximum Gasteiger partial charge on any atom is 0.0449 e. The molecule has 2 unspecified atom stereocenters. The van der Waals surface area contributed by atoms with Gasteiger partial charge in [0, 0.05) is 66.3 Å². The van der Waals surface area contributed by atoms with Gasteiger partial charge < -0.3 is 0 Å². The Kier molecular flexibility index (Phi) is 15.5. The summed E-state index contributed by atoms with van der Waals surface area (Å²) in [4.78, 5) is 9.54. The van der Waals surface area contributed by atoms with Crippen LogP contribution in [0, 0.1) is 17.8 Å². The van der Waals surface area contributed by atoms with Crippen molar-refractivity contribution in [1.82, 2.24) is 0 Å². The number of benzene rings is 1. The van der Waals surface area contributed by atoms with E-state index in [1.807, 2.05) is 71.0 Å². The summed E-state index contributed by atoms with van der Waals surface area (Å²) in [7, 11) is 0. The first kappa shape index (κ1) is 40.7. The fraction of sp³-hybridized carbons (Fsp3) is 0.535. The van der Waals surface area contributed by atoms with Gasteiger partial charge >= 0.3 is 0 Å². The van der Waals surface area contributed by atoms with E-state index in [4.69, 9.17) is 12.6 Å². The quantitative estimate of drug-likeness (QED) is 0.104. The number of allylic oxidation sites excluding steroid dienone is 1. The van der Waals surface area contributed by atoms with E-state index in [2.05, 4.69) is 104 Å². The number of thioether (sulfide) groups is 1. The molecule has 49 heavy (non-hydrogen) atoms. The van der Waals surface area contributed by atoms with Gasteiger partial charge in [-0.3, -0.25) is 0 Å². The summed E-state index contributed by atoms with van der Waals surface area (Å²) < 4.78 is 2.85. The minimum absolute atomic E-state index is 0.0987. The average molecular weight is 769 g/mol. The fourth-order valence-corrected chi connectivity index (χ4v) is 12.9. The third kappa shape index (κ3) is 9.51. The molecular weight excluding hydrogens is 709 g/mol. The molecule has 0 N–H and O–H groups in total. The first-order valence-electron chi connectivity index (χ1n) is 18.7. The monoisotopic (exact) mass is 768 g/mol. The van der Waals surface area contributed by atoms with Crippen LogP contribution in [0.3, 0.4) is 0 Å². The first-order valence-corrected chi connectivity index (χ1v) is 23.5. The summed E-state index contributed by atoms with van der Waals surface area (Å²) in [6.07, 6.45) is 8.93. The SMILES string of the molecule is CC.CCCCC(CC)Cc1ccc(-c2c3cc(C(C)(C)C)sc3c(-c3cccs3)c3cc(/C(S)=C(/C)SCC(C)C(CC)CC)sc23)s1. The standard InChI is InChI=1S/C41H54S6.C2H6/c1-10-14-16-27(11-2)21-29-18-19-33(45-29)37-31-23-35(41(7,8)9)47-40(31)36(32-17-15-20-43-32)30-22-34(46-39(30)37)38(42)26(6)44-24-25(5)28(12-3)13-4;1-2/h15,17-20,22-23,25,27-28,42H,10-14,16,21,24H2,1-9H3;1-2H3/b38-26+;. The van der Waals surface area contributed by atoms with Crippen LogP contribution in [-0.2, 0) is 11.8 Å². The Morgan fingerprint density at radius 2 is 1.53 bits per heavy atom. The molecule has 5 aromatic rings. The smallest absolute Gasteiger partial charge is 0.0449 e. The van der Waals surface area contributed by atoms with Gasteiger partial charge in [-0.25, -0.2) is 0 Å². The lowest BCUT2D eigenvalue weighted by Gasteiger charge is -2.21. The average Bonchev–Trinajstić information content (AvgIpc) is 3.92. The Hall–Kier alpha value is -1.02. The van der Waals surface area contributed by atoms with Crippen LogP contribution in [0.25, 0.3) is 46.0 Å². The van der Waals surface area contributed by atoms with Crippen molar-refractivity contribution in [2.45, 2.75) is 127 Å². The Morgan fingerprint density at radius 1 is 0.857 bits per heavy atom. The highest BCUT2D eigenvalue weighted by Gasteiger charge is 2.26. The number of fused-ring (bicyclic) bond motifs is 2. The molecule has 0 spiro atoms. The topological polar surface area (TPSA) is 0 Å². The molecule has 0 radical (unpaired) electrons. The molecule has 2 atom stereocenters. The van der Waals surface area contributed by atoms with E-state index >= 15 is 0 Å². The van der Waals surface area contributed by atoms with Crippen molar-refractivity contribution in [2.24, 2.45) is 17.8 Å². The molecule has 6 heteroatoms. The number of hydrogen-bond donors (Lipinski definition) is 1. The lowest BCUT2D eigenvalue weighted by atomic mass is 9.91. The van der Waals surface area contributed by atoms with Crippen LogP contribution in [0.1, 0.15) is 129 Å². The summed E-state index contributed by atoms with van der Waals surface area (Å²) in [6, 6.07) is 14.4. The summed E-state index contributed by atoms with van der Waals surface area (Å²) in [6.45, 7) is 25.1. The van der Waals surface area contributed by atoms with Crippen LogP contribution in [0.15, 0.2) is 46.7 Å². The second-order valence-electron chi connectivity index (χ2n) is 14.3. The van der Waals surface area contributed by atoms with Crippen molar-refractivity contribution >= 4 is 94.8 Å². The molecule has 0 aliphatic rings. The Labute approximate surface area is 324 Å². The lowest BCUT2D eigenvalue weighted by Crippen LogP contribution is -2.12. The predicted molar refractivity (Wildman–Crippen MR) is 238 cm³/mol. The van der Waals surface area contributed by atoms with Crippen LogP contribution in [-0.4, -0.2) is 5.75 Å². The second kappa shape index (κ2) is 18.6.